The molecular formula is C18H17N3O7. The summed E-state index contributed by atoms with van der Waals surface area (Å²) >= 11 is 0. The van der Waals surface area contributed by atoms with Gasteiger partial charge >= 0.3 is 5.97 Å². The van der Waals surface area contributed by atoms with Gasteiger partial charge in [0.25, 0.3) is 17.5 Å². The fraction of sp³-hybridized carbons (Fsp3) is 0.167. The molecular weight excluding hydrogens is 370 g/mol. The van der Waals surface area contributed by atoms with Crippen LogP contribution in [0.5, 0.6) is 5.75 Å². The average molecular weight is 387 g/mol. The number of hydrogen-bond donors (Lipinski definition) is 2. The summed E-state index contributed by atoms with van der Waals surface area (Å²) < 4.78 is 9.93. The first-order valence-electron chi connectivity index (χ1n) is 8.09. The van der Waals surface area contributed by atoms with Crippen molar-refractivity contribution in [3.63, 3.8) is 0 Å². The molecule has 2 aromatic rings. The Balaban J connectivity index is 1.68. The summed E-state index contributed by atoms with van der Waals surface area (Å²) in [6.07, 6.45) is 0. The molecule has 2 rings (SSSR count). The van der Waals surface area contributed by atoms with E-state index in [0.717, 1.165) is 0 Å². The summed E-state index contributed by atoms with van der Waals surface area (Å²) in [6.45, 7) is -1.38. The number of nitrogens with zero attached hydrogens (tertiary/aromatic N) is 1. The monoisotopic (exact) mass is 387 g/mol. The van der Waals surface area contributed by atoms with Gasteiger partial charge in [-0.15, -0.1) is 0 Å². The van der Waals surface area contributed by atoms with Crippen LogP contribution in [0.4, 0.5) is 11.4 Å². The van der Waals surface area contributed by atoms with Gasteiger partial charge in [0.15, 0.2) is 13.2 Å². The van der Waals surface area contributed by atoms with Crippen LogP contribution < -0.4 is 15.4 Å². The van der Waals surface area contributed by atoms with Gasteiger partial charge in [0.2, 0.25) is 0 Å². The van der Waals surface area contributed by atoms with E-state index in [1.54, 1.807) is 30.3 Å². The number of carbonyl (C=O) groups excluding carboxylic acids is 3. The third-order valence-corrected chi connectivity index (χ3v) is 3.28. The molecule has 0 bridgehead atoms. The molecule has 0 aliphatic heterocycles. The second-order valence-electron chi connectivity index (χ2n) is 5.36. The zero-order valence-electron chi connectivity index (χ0n) is 14.6. The predicted octanol–water partition coefficient (Wildman–Crippen LogP) is 1.27. The van der Waals surface area contributed by atoms with Crippen LogP contribution in [-0.4, -0.2) is 42.5 Å². The highest BCUT2D eigenvalue weighted by Gasteiger charge is 2.16. The quantitative estimate of drug-likeness (QED) is 0.375. The number of amides is 2. The summed E-state index contributed by atoms with van der Waals surface area (Å²) in [5.41, 5.74) is -0.298. The van der Waals surface area contributed by atoms with Crippen molar-refractivity contribution in [2.45, 2.75) is 0 Å². The van der Waals surface area contributed by atoms with E-state index >= 15 is 0 Å². The first-order valence-corrected chi connectivity index (χ1v) is 8.09. The molecule has 0 saturated carbocycles. The zero-order valence-corrected chi connectivity index (χ0v) is 14.6. The molecule has 0 spiro atoms. The summed E-state index contributed by atoms with van der Waals surface area (Å²) in [6, 6.07) is 14.2. The van der Waals surface area contributed by atoms with Gasteiger partial charge in [0.05, 0.1) is 4.92 Å². The molecule has 0 atom stereocenters. The van der Waals surface area contributed by atoms with Crippen molar-refractivity contribution in [3.8, 4) is 5.75 Å². The topological polar surface area (TPSA) is 137 Å². The smallest absolute Gasteiger partial charge is 0.325 e. The Morgan fingerprint density at radius 3 is 2.32 bits per heavy atom. The molecule has 0 unspecified atom stereocenters. The number of para-hydroxylation sites is 3. The third-order valence-electron chi connectivity index (χ3n) is 3.28. The Kier molecular flexibility index (Phi) is 7.46. The number of ether oxygens (including phenoxy) is 2. The number of anilines is 1. The molecule has 28 heavy (non-hydrogen) atoms. The van der Waals surface area contributed by atoms with Crippen molar-refractivity contribution in [1.82, 2.24) is 5.32 Å². The Bertz CT molecular complexity index is 855. The second kappa shape index (κ2) is 10.3. The summed E-state index contributed by atoms with van der Waals surface area (Å²) in [5, 5.41) is 15.5. The number of nitro benzene ring substituents is 1. The van der Waals surface area contributed by atoms with Crippen LogP contribution in [0, 0.1) is 10.1 Å². The maximum Gasteiger partial charge on any atom is 0.325 e. The molecule has 0 fully saturated rings. The fourth-order valence-electron chi connectivity index (χ4n) is 2.01. The van der Waals surface area contributed by atoms with Crippen LogP contribution in [0.3, 0.4) is 0 Å². The van der Waals surface area contributed by atoms with Crippen molar-refractivity contribution in [3.05, 3.63) is 64.7 Å². The van der Waals surface area contributed by atoms with E-state index in [2.05, 4.69) is 10.6 Å². The molecule has 0 saturated heterocycles. The van der Waals surface area contributed by atoms with Gasteiger partial charge in [-0.25, -0.2) is 0 Å². The van der Waals surface area contributed by atoms with E-state index in [1.165, 1.54) is 24.3 Å². The molecule has 0 heterocycles. The molecule has 10 heteroatoms. The minimum atomic E-state index is -0.842. The number of esters is 1. The Hall–Kier alpha value is -3.95. The van der Waals surface area contributed by atoms with Gasteiger partial charge in [-0.2, -0.15) is 0 Å². The second-order valence-corrected chi connectivity index (χ2v) is 5.36. The highest BCUT2D eigenvalue weighted by Crippen LogP contribution is 2.22. The largest absolute Gasteiger partial charge is 0.484 e. The normalized spacial score (nSPS) is 9.86. The van der Waals surface area contributed by atoms with Crippen LogP contribution in [-0.2, 0) is 19.1 Å². The number of nitro groups is 1. The van der Waals surface area contributed by atoms with Gasteiger partial charge in [0, 0.05) is 6.07 Å². The molecule has 2 N–H and O–H groups in total. The molecule has 2 amide bonds. The van der Waals surface area contributed by atoms with Gasteiger partial charge in [0.1, 0.15) is 18.0 Å². The molecule has 0 radical (unpaired) electrons. The van der Waals surface area contributed by atoms with Crippen LogP contribution in [0.25, 0.3) is 0 Å². The maximum atomic E-state index is 11.8. The van der Waals surface area contributed by atoms with Gasteiger partial charge < -0.3 is 20.1 Å². The SMILES string of the molecule is O=C(COc1ccccc1)NCC(=O)OCC(=O)Nc1ccccc1[N+](=O)[O-]. The third kappa shape index (κ3) is 6.75. The lowest BCUT2D eigenvalue weighted by atomic mass is 10.2. The number of rotatable bonds is 9. The van der Waals surface area contributed by atoms with Crippen molar-refractivity contribution in [1.29, 1.82) is 0 Å². The molecule has 10 nitrogen and oxygen atoms in total. The van der Waals surface area contributed by atoms with Gasteiger partial charge in [-0.1, -0.05) is 30.3 Å². The van der Waals surface area contributed by atoms with E-state index in [9.17, 15) is 24.5 Å². The fourth-order valence-corrected chi connectivity index (χ4v) is 2.01. The Morgan fingerprint density at radius 2 is 1.61 bits per heavy atom. The van der Waals surface area contributed by atoms with Crippen LogP contribution in [0.15, 0.2) is 54.6 Å². The Labute approximate surface area is 159 Å². The summed E-state index contributed by atoms with van der Waals surface area (Å²) in [7, 11) is 0. The van der Waals surface area contributed by atoms with Crippen LogP contribution in [0.1, 0.15) is 0 Å². The number of hydrogen-bond acceptors (Lipinski definition) is 7. The number of carbonyl (C=O) groups is 3. The van der Waals surface area contributed by atoms with Crippen LogP contribution in [0.2, 0.25) is 0 Å². The van der Waals surface area contributed by atoms with E-state index < -0.39 is 35.9 Å². The molecule has 146 valence electrons. The van der Waals surface area contributed by atoms with E-state index in [1.807, 2.05) is 0 Å². The Morgan fingerprint density at radius 1 is 0.929 bits per heavy atom. The van der Waals surface area contributed by atoms with Crippen molar-refractivity contribution in [2.75, 3.05) is 25.1 Å². The van der Waals surface area contributed by atoms with E-state index in [4.69, 9.17) is 9.47 Å². The number of benzene rings is 2. The molecule has 2 aromatic carbocycles. The first kappa shape index (κ1) is 20.4. The van der Waals surface area contributed by atoms with Crippen molar-refractivity contribution >= 4 is 29.2 Å². The standard InChI is InChI=1S/C18H17N3O7/c22-16(11-27-13-6-2-1-3-7-13)19-10-18(24)28-12-17(23)20-14-8-4-5-9-15(14)21(25)26/h1-9H,10-12H2,(H,19,22)(H,20,23). The van der Waals surface area contributed by atoms with E-state index in [0.29, 0.717) is 5.75 Å². The minimum absolute atomic E-state index is 0.0140. The maximum absolute atomic E-state index is 11.8. The molecule has 0 aliphatic rings. The van der Waals surface area contributed by atoms with Crippen molar-refractivity contribution < 1.29 is 28.8 Å². The van der Waals surface area contributed by atoms with E-state index in [-0.39, 0.29) is 18.0 Å². The summed E-state index contributed by atoms with van der Waals surface area (Å²) in [5.74, 6) is -1.62. The highest BCUT2D eigenvalue weighted by molar-refractivity contribution is 5.95. The van der Waals surface area contributed by atoms with Crippen molar-refractivity contribution in [2.24, 2.45) is 0 Å². The molecule has 0 aromatic heterocycles. The lowest BCUT2D eigenvalue weighted by Crippen LogP contribution is -2.35. The highest BCUT2D eigenvalue weighted by atomic mass is 16.6. The predicted molar refractivity (Wildman–Crippen MR) is 97.6 cm³/mol. The van der Waals surface area contributed by atoms with Gasteiger partial charge in [-0.3, -0.25) is 24.5 Å². The zero-order chi connectivity index (χ0) is 20.4. The minimum Gasteiger partial charge on any atom is -0.484 e. The number of nitrogens with one attached hydrogen (secondary N) is 2. The first-order chi connectivity index (χ1) is 13.5. The lowest BCUT2D eigenvalue weighted by Gasteiger charge is -2.08. The lowest BCUT2D eigenvalue weighted by molar-refractivity contribution is -0.383. The van der Waals surface area contributed by atoms with Gasteiger partial charge in [-0.05, 0) is 18.2 Å². The van der Waals surface area contributed by atoms with Crippen LogP contribution >= 0.6 is 0 Å². The molecule has 0 aliphatic carbocycles. The average Bonchev–Trinajstić information content (AvgIpc) is 2.70. The summed E-state index contributed by atoms with van der Waals surface area (Å²) in [4.78, 5) is 45.2.